The highest BCUT2D eigenvalue weighted by atomic mass is 35.5. The van der Waals surface area contributed by atoms with Crippen molar-refractivity contribution in [2.45, 2.75) is 33.3 Å². The van der Waals surface area contributed by atoms with E-state index in [1.807, 2.05) is 55.5 Å². The molecule has 0 bridgehead atoms. The van der Waals surface area contributed by atoms with Gasteiger partial charge in [-0.3, -0.25) is 14.9 Å². The van der Waals surface area contributed by atoms with Gasteiger partial charge in [0, 0.05) is 22.2 Å². The Hall–Kier alpha value is -5.02. The maximum Gasteiger partial charge on any atom is 0.313 e. The summed E-state index contributed by atoms with van der Waals surface area (Å²) in [5.74, 6) is 1.16. The van der Waals surface area contributed by atoms with Crippen LogP contribution in [0.1, 0.15) is 42.0 Å². The highest BCUT2D eigenvalue weighted by Gasteiger charge is 2.22. The number of para-hydroxylation sites is 1. The first-order chi connectivity index (χ1) is 20.7. The number of halogens is 1. The maximum atomic E-state index is 13.9. The Kier molecular flexibility index (Phi) is 8.54. The van der Waals surface area contributed by atoms with E-state index in [0.29, 0.717) is 22.3 Å². The van der Waals surface area contributed by atoms with Crippen molar-refractivity contribution in [1.29, 1.82) is 0 Å². The van der Waals surface area contributed by atoms with Gasteiger partial charge in [0.15, 0.2) is 5.82 Å². The summed E-state index contributed by atoms with van der Waals surface area (Å²) in [6, 6.07) is 22.9. The highest BCUT2D eigenvalue weighted by molar-refractivity contribution is 6.31. The summed E-state index contributed by atoms with van der Waals surface area (Å²) in [5, 5.41) is 17.0. The van der Waals surface area contributed by atoms with E-state index in [-0.39, 0.29) is 34.5 Å². The van der Waals surface area contributed by atoms with Crippen LogP contribution in [0.4, 0.5) is 5.69 Å². The Morgan fingerprint density at radius 1 is 1.07 bits per heavy atom. The van der Waals surface area contributed by atoms with Crippen LogP contribution in [0.15, 0.2) is 88.8 Å². The molecule has 0 N–H and O–H groups in total. The van der Waals surface area contributed by atoms with Crippen LogP contribution in [0, 0.1) is 17.0 Å². The third kappa shape index (κ3) is 6.12. The van der Waals surface area contributed by atoms with Crippen molar-refractivity contribution in [3.8, 4) is 22.9 Å². The van der Waals surface area contributed by atoms with Crippen LogP contribution in [0.2, 0.25) is 5.02 Å². The quantitative estimate of drug-likeness (QED) is 0.0988. The van der Waals surface area contributed by atoms with Crippen molar-refractivity contribution < 1.29 is 14.4 Å². The molecule has 0 fully saturated rings. The molecule has 0 spiro atoms. The minimum absolute atomic E-state index is 0.0203. The number of nitro groups is 1. The molecule has 10 heteroatoms. The van der Waals surface area contributed by atoms with Gasteiger partial charge in [0.2, 0.25) is 5.75 Å². The lowest BCUT2D eigenvalue weighted by Gasteiger charge is -2.17. The van der Waals surface area contributed by atoms with E-state index in [9.17, 15) is 14.9 Å². The maximum absolute atomic E-state index is 13.9. The van der Waals surface area contributed by atoms with Crippen LogP contribution in [-0.4, -0.2) is 27.9 Å². The van der Waals surface area contributed by atoms with Gasteiger partial charge in [0.1, 0.15) is 12.4 Å². The lowest BCUT2D eigenvalue weighted by Crippen LogP contribution is -2.21. The van der Waals surface area contributed by atoms with Gasteiger partial charge in [-0.15, -0.1) is 0 Å². The summed E-state index contributed by atoms with van der Waals surface area (Å²) in [6.45, 7) is 6.10. The van der Waals surface area contributed by atoms with Gasteiger partial charge in [-0.1, -0.05) is 67.9 Å². The Morgan fingerprint density at radius 3 is 2.49 bits per heavy atom. The molecule has 0 saturated carbocycles. The number of ether oxygens (including phenoxy) is 2. The van der Waals surface area contributed by atoms with Crippen LogP contribution < -0.4 is 15.0 Å². The van der Waals surface area contributed by atoms with E-state index in [2.05, 4.69) is 18.9 Å². The van der Waals surface area contributed by atoms with Gasteiger partial charge >= 0.3 is 5.69 Å². The standard InChI is InChI=1S/C33H29ClN4O5/c1-20(2)26-17-27(21(3)14-30(26)42-4)32-36-28-13-9-8-12-25(28)33(39)37(32)35-18-23-15-24(34)16-29(38(40)41)31(23)43-19-22-10-6-5-7-11-22/h5-18,20H,19H2,1-4H3. The van der Waals surface area contributed by atoms with Gasteiger partial charge in [-0.05, 0) is 59.9 Å². The first-order valence-corrected chi connectivity index (χ1v) is 14.0. The number of benzene rings is 4. The van der Waals surface area contributed by atoms with Crippen LogP contribution in [-0.2, 0) is 6.61 Å². The molecule has 5 rings (SSSR count). The van der Waals surface area contributed by atoms with Gasteiger partial charge in [-0.2, -0.15) is 9.78 Å². The van der Waals surface area contributed by atoms with Crippen LogP contribution >= 0.6 is 11.6 Å². The summed E-state index contributed by atoms with van der Waals surface area (Å²) in [4.78, 5) is 30.1. The molecule has 0 unspecified atom stereocenters. The Balaban J connectivity index is 1.71. The zero-order valence-electron chi connectivity index (χ0n) is 24.1. The zero-order chi connectivity index (χ0) is 30.7. The fourth-order valence-electron chi connectivity index (χ4n) is 4.81. The topological polar surface area (TPSA) is 109 Å². The number of methoxy groups -OCH3 is 1. The average molecular weight is 597 g/mol. The third-order valence-corrected chi connectivity index (χ3v) is 7.21. The van der Waals surface area contributed by atoms with Gasteiger partial charge in [0.25, 0.3) is 5.56 Å². The molecule has 1 heterocycles. The van der Waals surface area contributed by atoms with Gasteiger partial charge < -0.3 is 9.47 Å². The van der Waals surface area contributed by atoms with E-state index in [1.54, 1.807) is 25.3 Å². The summed E-state index contributed by atoms with van der Waals surface area (Å²) in [6.07, 6.45) is 1.34. The number of nitrogens with zero attached hydrogens (tertiary/aromatic N) is 4. The molecule has 4 aromatic carbocycles. The fraction of sp³-hybridized carbons (Fsp3) is 0.182. The summed E-state index contributed by atoms with van der Waals surface area (Å²) in [5.41, 5.74) is 3.32. The summed E-state index contributed by atoms with van der Waals surface area (Å²) >= 11 is 6.28. The van der Waals surface area contributed by atoms with Crippen LogP contribution in [0.25, 0.3) is 22.3 Å². The second-order valence-electron chi connectivity index (χ2n) is 10.3. The predicted molar refractivity (Wildman–Crippen MR) is 169 cm³/mol. The number of rotatable bonds is 9. The van der Waals surface area contributed by atoms with E-state index in [4.69, 9.17) is 26.1 Å². The van der Waals surface area contributed by atoms with E-state index < -0.39 is 10.5 Å². The molecule has 0 amide bonds. The van der Waals surface area contributed by atoms with Gasteiger partial charge in [0.05, 0.1) is 29.2 Å². The normalized spacial score (nSPS) is 11.4. The SMILES string of the molecule is COc1cc(C)c(-c2nc3ccccc3c(=O)n2N=Cc2cc(Cl)cc([N+](=O)[O-])c2OCc2ccccc2)cc1C(C)C. The van der Waals surface area contributed by atoms with Crippen molar-refractivity contribution in [3.05, 3.63) is 127 Å². The fourth-order valence-corrected chi connectivity index (χ4v) is 5.03. The molecule has 0 saturated heterocycles. The second-order valence-corrected chi connectivity index (χ2v) is 10.7. The summed E-state index contributed by atoms with van der Waals surface area (Å²) < 4.78 is 12.8. The number of fused-ring (bicyclic) bond motifs is 1. The van der Waals surface area contributed by atoms with E-state index in [0.717, 1.165) is 22.4 Å². The number of nitro benzene ring substituents is 1. The smallest absolute Gasteiger partial charge is 0.313 e. The monoisotopic (exact) mass is 596 g/mol. The molecule has 0 aliphatic rings. The van der Waals surface area contributed by atoms with Crippen LogP contribution in [0.5, 0.6) is 11.5 Å². The molecular weight excluding hydrogens is 568 g/mol. The lowest BCUT2D eigenvalue weighted by molar-refractivity contribution is -0.385. The first kappa shape index (κ1) is 29.5. The molecule has 43 heavy (non-hydrogen) atoms. The molecule has 0 aliphatic carbocycles. The van der Waals surface area contributed by atoms with Crippen molar-refractivity contribution >= 4 is 34.4 Å². The zero-order valence-corrected chi connectivity index (χ0v) is 24.8. The second kappa shape index (κ2) is 12.5. The predicted octanol–water partition coefficient (Wildman–Crippen LogP) is 7.53. The minimum Gasteiger partial charge on any atom is -0.496 e. The van der Waals surface area contributed by atoms with Crippen molar-refractivity contribution in [3.63, 3.8) is 0 Å². The Bertz CT molecular complexity index is 1920. The Morgan fingerprint density at radius 2 is 1.79 bits per heavy atom. The molecule has 0 radical (unpaired) electrons. The van der Waals surface area contributed by atoms with Crippen molar-refractivity contribution in [2.24, 2.45) is 5.10 Å². The number of hydrogen-bond acceptors (Lipinski definition) is 7. The minimum atomic E-state index is -0.563. The number of aromatic nitrogens is 2. The van der Waals surface area contributed by atoms with E-state index >= 15 is 0 Å². The number of aryl methyl sites for hydroxylation is 1. The molecule has 218 valence electrons. The first-order valence-electron chi connectivity index (χ1n) is 13.6. The molecule has 0 atom stereocenters. The molecule has 5 aromatic rings. The van der Waals surface area contributed by atoms with Crippen LogP contribution in [0.3, 0.4) is 0 Å². The van der Waals surface area contributed by atoms with E-state index in [1.165, 1.54) is 23.0 Å². The summed E-state index contributed by atoms with van der Waals surface area (Å²) in [7, 11) is 1.62. The Labute approximate surface area is 253 Å². The molecule has 0 aliphatic heterocycles. The highest BCUT2D eigenvalue weighted by Crippen LogP contribution is 2.36. The molecular formula is C33H29ClN4O5. The lowest BCUT2D eigenvalue weighted by atomic mass is 9.96. The van der Waals surface area contributed by atoms with Crippen molar-refractivity contribution in [1.82, 2.24) is 9.66 Å². The van der Waals surface area contributed by atoms with Crippen molar-refractivity contribution in [2.75, 3.05) is 7.11 Å². The van der Waals surface area contributed by atoms with Gasteiger partial charge in [-0.25, -0.2) is 4.98 Å². The molecule has 1 aromatic heterocycles. The average Bonchev–Trinajstić information content (AvgIpc) is 2.99. The third-order valence-electron chi connectivity index (χ3n) is 6.99. The molecule has 9 nitrogen and oxygen atoms in total. The number of hydrogen-bond donors (Lipinski definition) is 0. The largest absolute Gasteiger partial charge is 0.496 e.